The van der Waals surface area contributed by atoms with Gasteiger partial charge >= 0.3 is 0 Å². The van der Waals surface area contributed by atoms with Gasteiger partial charge in [0.05, 0.1) is 23.2 Å². The van der Waals surface area contributed by atoms with E-state index in [2.05, 4.69) is 9.88 Å². The third-order valence-corrected chi connectivity index (χ3v) is 6.57. The van der Waals surface area contributed by atoms with Gasteiger partial charge in [-0.1, -0.05) is 18.2 Å². The van der Waals surface area contributed by atoms with Crippen LogP contribution in [-0.4, -0.2) is 33.6 Å². The van der Waals surface area contributed by atoms with Crippen molar-refractivity contribution in [3.63, 3.8) is 0 Å². The van der Waals surface area contributed by atoms with Crippen molar-refractivity contribution in [2.24, 2.45) is 0 Å². The Morgan fingerprint density at radius 3 is 2.38 bits per heavy atom. The Hall–Kier alpha value is -2.60. The van der Waals surface area contributed by atoms with Crippen LogP contribution in [0.2, 0.25) is 0 Å². The van der Waals surface area contributed by atoms with Crippen molar-refractivity contribution in [1.82, 2.24) is 4.98 Å². The molecule has 1 fully saturated rings. The lowest BCUT2D eigenvalue weighted by atomic mass is 10.2. The van der Waals surface area contributed by atoms with E-state index in [9.17, 15) is 8.42 Å². The van der Waals surface area contributed by atoms with Gasteiger partial charge in [0.15, 0.2) is 0 Å². The molecule has 0 bridgehead atoms. The quantitative estimate of drug-likeness (QED) is 0.703. The first kappa shape index (κ1) is 16.8. The van der Waals surface area contributed by atoms with Crippen LogP contribution in [-0.2, 0) is 9.84 Å². The molecule has 2 aromatic carbocycles. The summed E-state index contributed by atoms with van der Waals surface area (Å²) < 4.78 is 31.8. The molecule has 1 saturated heterocycles. The monoisotopic (exact) mass is 368 g/mol. The molecule has 0 aliphatic carbocycles. The van der Waals surface area contributed by atoms with Crippen LogP contribution in [0.15, 0.2) is 64.5 Å². The lowest BCUT2D eigenvalue weighted by Gasteiger charge is -2.23. The molecule has 1 aliphatic rings. The highest BCUT2D eigenvalue weighted by Crippen LogP contribution is 2.37. The van der Waals surface area contributed by atoms with E-state index in [1.54, 1.807) is 31.4 Å². The van der Waals surface area contributed by atoms with Gasteiger partial charge in [0.1, 0.15) is 10.6 Å². The molecule has 2 heterocycles. The van der Waals surface area contributed by atoms with Crippen LogP contribution in [0.1, 0.15) is 12.8 Å². The van der Waals surface area contributed by atoms with Gasteiger partial charge in [-0.2, -0.15) is 0 Å². The summed E-state index contributed by atoms with van der Waals surface area (Å²) in [5.74, 6) is 0.625. The molecule has 0 amide bonds. The fraction of sp³-hybridized carbons (Fsp3) is 0.250. The van der Waals surface area contributed by atoms with E-state index in [0.717, 1.165) is 42.5 Å². The number of hydrogen-bond donors (Lipinski definition) is 0. The Labute approximate surface area is 153 Å². The van der Waals surface area contributed by atoms with Crippen molar-refractivity contribution < 1.29 is 13.2 Å². The second-order valence-electron chi connectivity index (χ2n) is 6.36. The van der Waals surface area contributed by atoms with Crippen LogP contribution in [0, 0.1) is 0 Å². The number of fused-ring (bicyclic) bond motifs is 1. The predicted octanol–water partition coefficient (Wildman–Crippen LogP) is 3.68. The smallest absolute Gasteiger partial charge is 0.210 e. The minimum absolute atomic E-state index is 0.246. The zero-order chi connectivity index (χ0) is 18.1. The summed E-state index contributed by atoms with van der Waals surface area (Å²) in [6, 6.07) is 14.2. The average Bonchev–Trinajstić information content (AvgIpc) is 3.21. The normalized spacial score (nSPS) is 14.7. The SMILES string of the molecule is COc1ccc(S(=O)(=O)c2cnc3ccccc3c2N2CCCC2)cc1. The highest BCUT2D eigenvalue weighted by atomic mass is 32.2. The lowest BCUT2D eigenvalue weighted by molar-refractivity contribution is 0.414. The number of sulfone groups is 1. The Morgan fingerprint density at radius 2 is 1.69 bits per heavy atom. The molecule has 4 rings (SSSR count). The van der Waals surface area contributed by atoms with E-state index >= 15 is 0 Å². The first-order valence-corrected chi connectivity index (χ1v) is 10.1. The molecule has 0 unspecified atom stereocenters. The largest absolute Gasteiger partial charge is 0.497 e. The van der Waals surface area contributed by atoms with E-state index < -0.39 is 9.84 Å². The van der Waals surface area contributed by atoms with Gasteiger partial charge in [-0.25, -0.2) is 8.42 Å². The number of anilines is 1. The van der Waals surface area contributed by atoms with Crippen molar-refractivity contribution in [2.45, 2.75) is 22.6 Å². The summed E-state index contributed by atoms with van der Waals surface area (Å²) in [4.78, 5) is 7.09. The zero-order valence-electron chi connectivity index (χ0n) is 14.6. The Morgan fingerprint density at radius 1 is 1.00 bits per heavy atom. The van der Waals surface area contributed by atoms with Crippen LogP contribution in [0.4, 0.5) is 5.69 Å². The number of rotatable bonds is 4. The molecule has 0 spiro atoms. The van der Waals surface area contributed by atoms with E-state index in [4.69, 9.17) is 4.74 Å². The number of pyridine rings is 1. The highest BCUT2D eigenvalue weighted by molar-refractivity contribution is 7.91. The highest BCUT2D eigenvalue weighted by Gasteiger charge is 2.28. The summed E-state index contributed by atoms with van der Waals surface area (Å²) in [6.45, 7) is 1.72. The van der Waals surface area contributed by atoms with E-state index in [0.29, 0.717) is 5.75 Å². The number of para-hydroxylation sites is 1. The van der Waals surface area contributed by atoms with Gasteiger partial charge in [-0.05, 0) is 43.2 Å². The molecule has 0 N–H and O–H groups in total. The van der Waals surface area contributed by atoms with Crippen molar-refractivity contribution in [3.05, 3.63) is 54.7 Å². The molecule has 6 heteroatoms. The summed E-state index contributed by atoms with van der Waals surface area (Å²) >= 11 is 0. The van der Waals surface area contributed by atoms with Gasteiger partial charge < -0.3 is 9.64 Å². The Balaban J connectivity index is 1.93. The molecule has 1 aromatic heterocycles. The summed E-state index contributed by atoms with van der Waals surface area (Å²) in [5, 5.41) is 0.879. The molecular formula is C20H20N2O3S. The average molecular weight is 368 g/mol. The van der Waals surface area contributed by atoms with Gasteiger partial charge in [0.2, 0.25) is 9.84 Å². The zero-order valence-corrected chi connectivity index (χ0v) is 15.4. The van der Waals surface area contributed by atoms with E-state index in [1.165, 1.54) is 6.20 Å². The van der Waals surface area contributed by atoms with Crippen molar-refractivity contribution in [2.75, 3.05) is 25.1 Å². The maximum atomic E-state index is 13.3. The fourth-order valence-corrected chi connectivity index (χ4v) is 4.89. The second-order valence-corrected chi connectivity index (χ2v) is 8.28. The summed E-state index contributed by atoms with van der Waals surface area (Å²) in [5.41, 5.74) is 1.58. The van der Waals surface area contributed by atoms with Crippen LogP contribution < -0.4 is 9.64 Å². The van der Waals surface area contributed by atoms with Crippen LogP contribution in [0.25, 0.3) is 10.9 Å². The predicted molar refractivity (Wildman–Crippen MR) is 102 cm³/mol. The molecular weight excluding hydrogens is 348 g/mol. The lowest BCUT2D eigenvalue weighted by Crippen LogP contribution is -2.21. The number of nitrogens with zero attached hydrogens (tertiary/aromatic N) is 2. The Bertz CT molecular complexity index is 1040. The van der Waals surface area contributed by atoms with E-state index in [-0.39, 0.29) is 9.79 Å². The van der Waals surface area contributed by atoms with Crippen molar-refractivity contribution >= 4 is 26.4 Å². The molecule has 5 nitrogen and oxygen atoms in total. The summed E-state index contributed by atoms with van der Waals surface area (Å²) in [6.07, 6.45) is 3.63. The number of benzene rings is 2. The van der Waals surface area contributed by atoms with Crippen molar-refractivity contribution in [3.8, 4) is 5.75 Å². The van der Waals surface area contributed by atoms with Gasteiger partial charge in [-0.3, -0.25) is 4.98 Å². The summed E-state index contributed by atoms with van der Waals surface area (Å²) in [7, 11) is -2.13. The Kier molecular flexibility index (Phi) is 4.28. The van der Waals surface area contributed by atoms with Crippen LogP contribution in [0.5, 0.6) is 5.75 Å². The van der Waals surface area contributed by atoms with Gasteiger partial charge in [0, 0.05) is 24.7 Å². The van der Waals surface area contributed by atoms with E-state index in [1.807, 2.05) is 24.3 Å². The number of hydrogen-bond acceptors (Lipinski definition) is 5. The number of aromatic nitrogens is 1. The van der Waals surface area contributed by atoms with Gasteiger partial charge in [0.25, 0.3) is 0 Å². The maximum Gasteiger partial charge on any atom is 0.210 e. The van der Waals surface area contributed by atoms with Gasteiger partial charge in [-0.15, -0.1) is 0 Å². The number of ether oxygens (including phenoxy) is 1. The minimum atomic E-state index is -3.68. The number of methoxy groups -OCH3 is 1. The van der Waals surface area contributed by atoms with Crippen LogP contribution >= 0.6 is 0 Å². The van der Waals surface area contributed by atoms with Crippen LogP contribution in [0.3, 0.4) is 0 Å². The molecule has 3 aromatic rings. The molecule has 0 radical (unpaired) electrons. The molecule has 1 aliphatic heterocycles. The topological polar surface area (TPSA) is 59.5 Å². The first-order chi connectivity index (χ1) is 12.6. The third kappa shape index (κ3) is 2.80. The first-order valence-electron chi connectivity index (χ1n) is 8.63. The molecule has 0 atom stereocenters. The maximum absolute atomic E-state index is 13.3. The molecule has 134 valence electrons. The standard InChI is InChI=1S/C20H20N2O3S/c1-25-15-8-10-16(11-9-15)26(23,24)19-14-21-18-7-3-2-6-17(18)20(19)22-12-4-5-13-22/h2-3,6-11,14H,4-5,12-13H2,1H3. The third-order valence-electron chi connectivity index (χ3n) is 4.79. The fourth-order valence-electron chi connectivity index (χ4n) is 3.45. The molecule has 0 saturated carbocycles. The molecule has 26 heavy (non-hydrogen) atoms. The second kappa shape index (κ2) is 6.61. The van der Waals surface area contributed by atoms with Crippen molar-refractivity contribution in [1.29, 1.82) is 0 Å². The minimum Gasteiger partial charge on any atom is -0.497 e.